The van der Waals surface area contributed by atoms with E-state index in [4.69, 9.17) is 10.00 Å². The molecule has 0 atom stereocenters. The van der Waals surface area contributed by atoms with Gasteiger partial charge in [0.1, 0.15) is 17.5 Å². The number of hydrogen-bond donors (Lipinski definition) is 2. The van der Waals surface area contributed by atoms with E-state index in [0.717, 1.165) is 4.47 Å². The minimum Gasteiger partial charge on any atom is -0.479 e. The van der Waals surface area contributed by atoms with Crippen LogP contribution in [0.15, 0.2) is 41.0 Å². The molecule has 0 radical (unpaired) electrons. The average molecular weight is 320 g/mol. The third-order valence-electron chi connectivity index (χ3n) is 2.29. The summed E-state index contributed by atoms with van der Waals surface area (Å²) in [6.07, 6.45) is 1.68. The summed E-state index contributed by atoms with van der Waals surface area (Å²) in [5.74, 6) is 0.287. The Morgan fingerprint density at radius 3 is 3.00 bits per heavy atom. The number of ether oxygens (including phenoxy) is 1. The Kier molecular flexibility index (Phi) is 4.21. The van der Waals surface area contributed by atoms with Crippen LogP contribution >= 0.6 is 15.9 Å². The standard InChI is InChI=1S/C13H10BrN3O2/c14-9-6-12(16-8-9)13(18)17-10-2-1-3-11(7-10)19-5-4-15/h1-3,6-8,16H,5H2,(H,17,18). The molecule has 0 fully saturated rings. The van der Waals surface area contributed by atoms with Gasteiger partial charge in [0, 0.05) is 22.4 Å². The van der Waals surface area contributed by atoms with Crippen molar-refractivity contribution < 1.29 is 9.53 Å². The summed E-state index contributed by atoms with van der Waals surface area (Å²) in [4.78, 5) is 14.7. The van der Waals surface area contributed by atoms with Crippen molar-refractivity contribution in [1.82, 2.24) is 4.98 Å². The molecule has 1 heterocycles. The smallest absolute Gasteiger partial charge is 0.272 e. The molecule has 0 saturated heterocycles. The number of amides is 1. The molecule has 0 spiro atoms. The summed E-state index contributed by atoms with van der Waals surface area (Å²) in [5.41, 5.74) is 1.06. The van der Waals surface area contributed by atoms with E-state index in [1.165, 1.54) is 0 Å². The maximum absolute atomic E-state index is 11.9. The van der Waals surface area contributed by atoms with Crippen LogP contribution in [0.25, 0.3) is 0 Å². The van der Waals surface area contributed by atoms with Crippen LogP contribution in [0.2, 0.25) is 0 Å². The van der Waals surface area contributed by atoms with Gasteiger partial charge in [-0.1, -0.05) is 6.07 Å². The maximum Gasteiger partial charge on any atom is 0.272 e. The van der Waals surface area contributed by atoms with E-state index in [9.17, 15) is 4.79 Å². The molecule has 6 heteroatoms. The summed E-state index contributed by atoms with van der Waals surface area (Å²) in [7, 11) is 0. The molecule has 0 unspecified atom stereocenters. The zero-order valence-electron chi connectivity index (χ0n) is 9.81. The Morgan fingerprint density at radius 2 is 2.32 bits per heavy atom. The molecular formula is C13H10BrN3O2. The number of carbonyl (C=O) groups is 1. The van der Waals surface area contributed by atoms with E-state index in [1.807, 2.05) is 6.07 Å². The van der Waals surface area contributed by atoms with Gasteiger partial charge in [-0.3, -0.25) is 4.79 Å². The molecule has 1 aromatic heterocycles. The zero-order chi connectivity index (χ0) is 13.7. The van der Waals surface area contributed by atoms with Gasteiger partial charge >= 0.3 is 0 Å². The predicted molar refractivity (Wildman–Crippen MR) is 74.0 cm³/mol. The fourth-order valence-electron chi connectivity index (χ4n) is 1.48. The van der Waals surface area contributed by atoms with Crippen LogP contribution in [0.1, 0.15) is 10.5 Å². The Balaban J connectivity index is 2.06. The molecule has 1 amide bonds. The van der Waals surface area contributed by atoms with Crippen LogP contribution in [-0.4, -0.2) is 17.5 Å². The number of carbonyl (C=O) groups excluding carboxylic acids is 1. The third kappa shape index (κ3) is 3.60. The molecule has 1 aromatic carbocycles. The lowest BCUT2D eigenvalue weighted by Gasteiger charge is -2.06. The van der Waals surface area contributed by atoms with Gasteiger partial charge in [-0.15, -0.1) is 0 Å². The number of aromatic nitrogens is 1. The summed E-state index contributed by atoms with van der Waals surface area (Å²) in [5, 5.41) is 11.2. The lowest BCUT2D eigenvalue weighted by molar-refractivity contribution is 0.102. The van der Waals surface area contributed by atoms with Gasteiger partial charge in [0.05, 0.1) is 0 Å². The van der Waals surface area contributed by atoms with Crippen LogP contribution < -0.4 is 10.1 Å². The number of hydrogen-bond acceptors (Lipinski definition) is 3. The molecule has 0 aliphatic carbocycles. The zero-order valence-corrected chi connectivity index (χ0v) is 11.4. The first-order chi connectivity index (χ1) is 9.19. The Labute approximate surface area is 118 Å². The van der Waals surface area contributed by atoms with Crippen molar-refractivity contribution in [3.05, 3.63) is 46.7 Å². The number of aromatic amines is 1. The Hall–Kier alpha value is -2.26. The number of nitrogens with zero attached hydrogens (tertiary/aromatic N) is 1. The van der Waals surface area contributed by atoms with E-state index in [1.54, 1.807) is 36.5 Å². The number of nitriles is 1. The first kappa shape index (κ1) is 13.2. The molecule has 2 aromatic rings. The topological polar surface area (TPSA) is 77.9 Å². The van der Waals surface area contributed by atoms with E-state index in [0.29, 0.717) is 17.1 Å². The van der Waals surface area contributed by atoms with Gasteiger partial charge < -0.3 is 15.0 Å². The number of anilines is 1. The molecule has 2 rings (SSSR count). The molecule has 96 valence electrons. The molecule has 0 aliphatic rings. The van der Waals surface area contributed by atoms with Crippen LogP contribution in [-0.2, 0) is 0 Å². The number of benzene rings is 1. The van der Waals surface area contributed by atoms with E-state index < -0.39 is 0 Å². The second kappa shape index (κ2) is 6.07. The van der Waals surface area contributed by atoms with Crippen molar-refractivity contribution in [2.75, 3.05) is 11.9 Å². The van der Waals surface area contributed by atoms with Crippen LogP contribution in [0.4, 0.5) is 5.69 Å². The molecule has 2 N–H and O–H groups in total. The number of rotatable bonds is 4. The highest BCUT2D eigenvalue weighted by molar-refractivity contribution is 9.10. The highest BCUT2D eigenvalue weighted by Crippen LogP contribution is 2.18. The highest BCUT2D eigenvalue weighted by atomic mass is 79.9. The van der Waals surface area contributed by atoms with Crippen LogP contribution in [0, 0.1) is 11.3 Å². The fourth-order valence-corrected chi connectivity index (χ4v) is 1.82. The summed E-state index contributed by atoms with van der Waals surface area (Å²) >= 11 is 3.26. The SMILES string of the molecule is N#CCOc1cccc(NC(=O)c2cc(Br)c[nH]2)c1. The van der Waals surface area contributed by atoms with Gasteiger partial charge in [0.2, 0.25) is 0 Å². The van der Waals surface area contributed by atoms with Crippen molar-refractivity contribution in [2.45, 2.75) is 0 Å². The van der Waals surface area contributed by atoms with Crippen molar-refractivity contribution in [3.8, 4) is 11.8 Å². The molecular weight excluding hydrogens is 310 g/mol. The van der Waals surface area contributed by atoms with Crippen molar-refractivity contribution in [2.24, 2.45) is 0 Å². The van der Waals surface area contributed by atoms with Gasteiger partial charge in [0.25, 0.3) is 5.91 Å². The predicted octanol–water partition coefficient (Wildman–Crippen LogP) is 2.93. The lowest BCUT2D eigenvalue weighted by Crippen LogP contribution is -2.12. The van der Waals surface area contributed by atoms with Crippen LogP contribution in [0.5, 0.6) is 5.75 Å². The number of H-pyrrole nitrogens is 1. The van der Waals surface area contributed by atoms with Crippen molar-refractivity contribution in [3.63, 3.8) is 0 Å². The molecule has 19 heavy (non-hydrogen) atoms. The molecule has 0 bridgehead atoms. The van der Waals surface area contributed by atoms with E-state index in [-0.39, 0.29) is 12.5 Å². The normalized spacial score (nSPS) is 9.68. The average Bonchev–Trinajstić information content (AvgIpc) is 2.83. The molecule has 5 nitrogen and oxygen atoms in total. The second-order valence-electron chi connectivity index (χ2n) is 3.66. The van der Waals surface area contributed by atoms with Crippen molar-refractivity contribution >= 4 is 27.5 Å². The van der Waals surface area contributed by atoms with Crippen molar-refractivity contribution in [1.29, 1.82) is 5.26 Å². The maximum atomic E-state index is 11.9. The first-order valence-corrected chi connectivity index (χ1v) is 6.23. The first-order valence-electron chi connectivity index (χ1n) is 5.44. The largest absolute Gasteiger partial charge is 0.479 e. The summed E-state index contributed by atoms with van der Waals surface area (Å²) in [6.45, 7) is -0.0268. The van der Waals surface area contributed by atoms with Crippen LogP contribution in [0.3, 0.4) is 0 Å². The highest BCUT2D eigenvalue weighted by Gasteiger charge is 2.08. The molecule has 0 saturated carbocycles. The Bertz CT molecular complexity index is 631. The van der Waals surface area contributed by atoms with Gasteiger partial charge in [-0.2, -0.15) is 5.26 Å². The lowest BCUT2D eigenvalue weighted by atomic mass is 10.3. The van der Waals surface area contributed by atoms with Gasteiger partial charge in [-0.25, -0.2) is 0 Å². The number of halogens is 1. The minimum atomic E-state index is -0.247. The quantitative estimate of drug-likeness (QED) is 0.909. The second-order valence-corrected chi connectivity index (χ2v) is 4.58. The van der Waals surface area contributed by atoms with Gasteiger partial charge in [0.15, 0.2) is 6.61 Å². The fraction of sp³-hybridized carbons (Fsp3) is 0.0769. The van der Waals surface area contributed by atoms with E-state index >= 15 is 0 Å². The monoisotopic (exact) mass is 319 g/mol. The summed E-state index contributed by atoms with van der Waals surface area (Å²) in [6, 6.07) is 10.4. The summed E-state index contributed by atoms with van der Waals surface area (Å²) < 4.78 is 5.97. The third-order valence-corrected chi connectivity index (χ3v) is 2.75. The minimum absolute atomic E-state index is 0.0268. The van der Waals surface area contributed by atoms with Gasteiger partial charge in [-0.05, 0) is 34.1 Å². The number of nitrogens with one attached hydrogen (secondary N) is 2. The molecule has 0 aliphatic heterocycles. The Morgan fingerprint density at radius 1 is 1.47 bits per heavy atom. The van der Waals surface area contributed by atoms with E-state index in [2.05, 4.69) is 26.2 Å².